The number of carbonyl (C=O) groups is 1. The summed E-state index contributed by atoms with van der Waals surface area (Å²) < 4.78 is 26.0. The lowest BCUT2D eigenvalue weighted by molar-refractivity contribution is -0.119. The van der Waals surface area contributed by atoms with Gasteiger partial charge in [-0.1, -0.05) is 11.6 Å². The van der Waals surface area contributed by atoms with E-state index in [0.29, 0.717) is 13.0 Å². The second-order valence-electron chi connectivity index (χ2n) is 4.37. The first-order valence-electron chi connectivity index (χ1n) is 5.78. The van der Waals surface area contributed by atoms with Crippen LogP contribution in [0.1, 0.15) is 13.3 Å². The molecule has 0 aromatic carbocycles. The highest BCUT2D eigenvalue weighted by Gasteiger charge is 2.32. The molecule has 104 valence electrons. The summed E-state index contributed by atoms with van der Waals surface area (Å²) in [5.74, 6) is -0.155. The molecule has 2 rings (SSSR count). The highest BCUT2D eigenvalue weighted by molar-refractivity contribution is 7.89. The van der Waals surface area contributed by atoms with Crippen LogP contribution in [-0.4, -0.2) is 42.7 Å². The predicted octanol–water partition coefficient (Wildman–Crippen LogP) is 0.634. The van der Waals surface area contributed by atoms with Crippen molar-refractivity contribution in [2.45, 2.75) is 24.3 Å². The number of sulfonamides is 1. The first-order valence-corrected chi connectivity index (χ1v) is 7.60. The maximum atomic E-state index is 12.3. The summed E-state index contributed by atoms with van der Waals surface area (Å²) in [6.45, 7) is 2.08. The molecule has 8 heteroatoms. The molecule has 1 amide bonds. The number of amides is 1. The third-order valence-corrected chi connectivity index (χ3v) is 4.97. The maximum Gasteiger partial charge on any atom is 0.244 e. The van der Waals surface area contributed by atoms with Gasteiger partial charge in [-0.05, 0) is 18.6 Å². The van der Waals surface area contributed by atoms with Crippen molar-refractivity contribution in [3.63, 3.8) is 0 Å². The van der Waals surface area contributed by atoms with Crippen LogP contribution in [0.25, 0.3) is 0 Å². The van der Waals surface area contributed by atoms with Gasteiger partial charge in [0, 0.05) is 32.3 Å². The monoisotopic (exact) mass is 303 g/mol. The average Bonchev–Trinajstić information content (AvgIpc) is 2.78. The molecule has 1 aliphatic rings. The fourth-order valence-corrected chi connectivity index (χ4v) is 3.57. The Bertz CT molecular complexity index is 573. The summed E-state index contributed by atoms with van der Waals surface area (Å²) in [6.07, 6.45) is 1.85. The summed E-state index contributed by atoms with van der Waals surface area (Å²) in [6, 6.07) is 2.74. The van der Waals surface area contributed by atoms with Crippen LogP contribution in [0.3, 0.4) is 0 Å². The molecule has 0 bridgehead atoms. The zero-order valence-electron chi connectivity index (χ0n) is 10.3. The SMILES string of the molecule is CC(=O)NC1CCN(S(=O)(=O)c2ccc(Cl)nc2)C1. The summed E-state index contributed by atoms with van der Waals surface area (Å²) >= 11 is 5.63. The van der Waals surface area contributed by atoms with E-state index in [1.54, 1.807) is 0 Å². The van der Waals surface area contributed by atoms with E-state index < -0.39 is 10.0 Å². The van der Waals surface area contributed by atoms with Gasteiger partial charge in [0.15, 0.2) is 0 Å². The van der Waals surface area contributed by atoms with Gasteiger partial charge in [0.05, 0.1) is 0 Å². The average molecular weight is 304 g/mol. The van der Waals surface area contributed by atoms with E-state index in [-0.39, 0.29) is 28.5 Å². The van der Waals surface area contributed by atoms with Gasteiger partial charge in [-0.25, -0.2) is 13.4 Å². The first-order chi connectivity index (χ1) is 8.89. The molecule has 19 heavy (non-hydrogen) atoms. The van der Waals surface area contributed by atoms with E-state index in [0.717, 1.165) is 0 Å². The van der Waals surface area contributed by atoms with E-state index in [1.807, 2.05) is 0 Å². The van der Waals surface area contributed by atoms with E-state index >= 15 is 0 Å². The highest BCUT2D eigenvalue weighted by Crippen LogP contribution is 2.21. The minimum atomic E-state index is -3.56. The molecule has 0 saturated carbocycles. The Hall–Kier alpha value is -1.18. The second-order valence-corrected chi connectivity index (χ2v) is 6.69. The first kappa shape index (κ1) is 14.2. The van der Waals surface area contributed by atoms with Crippen LogP contribution in [-0.2, 0) is 14.8 Å². The fraction of sp³-hybridized carbons (Fsp3) is 0.455. The molecular formula is C11H14ClN3O3S. The minimum Gasteiger partial charge on any atom is -0.352 e. The van der Waals surface area contributed by atoms with Crippen molar-refractivity contribution in [1.82, 2.24) is 14.6 Å². The van der Waals surface area contributed by atoms with Crippen molar-refractivity contribution in [1.29, 1.82) is 0 Å². The smallest absolute Gasteiger partial charge is 0.244 e. The van der Waals surface area contributed by atoms with Gasteiger partial charge < -0.3 is 5.32 Å². The Kier molecular flexibility index (Phi) is 4.07. The zero-order valence-corrected chi connectivity index (χ0v) is 11.9. The van der Waals surface area contributed by atoms with Crippen LogP contribution in [0.4, 0.5) is 0 Å². The summed E-state index contributed by atoms with van der Waals surface area (Å²) in [5.41, 5.74) is 0. The Balaban J connectivity index is 2.13. The maximum absolute atomic E-state index is 12.3. The number of rotatable bonds is 3. The predicted molar refractivity (Wildman–Crippen MR) is 70.2 cm³/mol. The second kappa shape index (κ2) is 5.44. The van der Waals surface area contributed by atoms with Crippen molar-refractivity contribution in [3.05, 3.63) is 23.5 Å². The van der Waals surface area contributed by atoms with Gasteiger partial charge in [0.2, 0.25) is 15.9 Å². The molecule has 0 radical (unpaired) electrons. The molecule has 1 saturated heterocycles. The van der Waals surface area contributed by atoms with Crippen molar-refractivity contribution in [2.24, 2.45) is 0 Å². The van der Waals surface area contributed by atoms with Crippen molar-refractivity contribution >= 4 is 27.5 Å². The number of aromatic nitrogens is 1. The molecule has 1 N–H and O–H groups in total. The van der Waals surface area contributed by atoms with Crippen LogP contribution >= 0.6 is 11.6 Å². The van der Waals surface area contributed by atoms with E-state index in [9.17, 15) is 13.2 Å². The number of nitrogens with zero attached hydrogens (tertiary/aromatic N) is 2. The van der Waals surface area contributed by atoms with Crippen LogP contribution in [0.15, 0.2) is 23.2 Å². The molecule has 1 aromatic rings. The lowest BCUT2D eigenvalue weighted by Crippen LogP contribution is -2.37. The minimum absolute atomic E-state index is 0.111. The highest BCUT2D eigenvalue weighted by atomic mass is 35.5. The molecule has 1 fully saturated rings. The number of hydrogen-bond donors (Lipinski definition) is 1. The number of hydrogen-bond acceptors (Lipinski definition) is 4. The van der Waals surface area contributed by atoms with E-state index in [1.165, 1.54) is 29.6 Å². The normalized spacial score (nSPS) is 20.4. The number of carbonyl (C=O) groups excluding carboxylic acids is 1. The summed E-state index contributed by atoms with van der Waals surface area (Å²) in [4.78, 5) is 14.8. The van der Waals surface area contributed by atoms with Crippen molar-refractivity contribution < 1.29 is 13.2 Å². The van der Waals surface area contributed by atoms with Gasteiger partial charge in [-0.2, -0.15) is 4.31 Å². The Labute approximate surface area is 116 Å². The van der Waals surface area contributed by atoms with Gasteiger partial charge in [-0.3, -0.25) is 4.79 Å². The molecular weight excluding hydrogens is 290 g/mol. The topological polar surface area (TPSA) is 79.4 Å². The van der Waals surface area contributed by atoms with Crippen molar-refractivity contribution in [3.8, 4) is 0 Å². The Morgan fingerprint density at radius 1 is 1.53 bits per heavy atom. The third-order valence-electron chi connectivity index (χ3n) is 2.90. The fourth-order valence-electron chi connectivity index (χ4n) is 2.02. The Morgan fingerprint density at radius 3 is 2.84 bits per heavy atom. The quantitative estimate of drug-likeness (QED) is 0.831. The molecule has 0 spiro atoms. The van der Waals surface area contributed by atoms with Crippen LogP contribution in [0.2, 0.25) is 5.15 Å². The molecule has 2 heterocycles. The molecule has 1 aromatic heterocycles. The largest absolute Gasteiger partial charge is 0.352 e. The molecule has 1 unspecified atom stereocenters. The third kappa shape index (κ3) is 3.23. The lowest BCUT2D eigenvalue weighted by atomic mass is 10.3. The molecule has 0 aliphatic carbocycles. The molecule has 1 atom stereocenters. The van der Waals surface area contributed by atoms with Crippen LogP contribution in [0, 0.1) is 0 Å². The van der Waals surface area contributed by atoms with Gasteiger partial charge in [0.1, 0.15) is 10.0 Å². The summed E-state index contributed by atoms with van der Waals surface area (Å²) in [7, 11) is -3.56. The van der Waals surface area contributed by atoms with Gasteiger partial charge in [0.25, 0.3) is 0 Å². The summed E-state index contributed by atoms with van der Waals surface area (Å²) in [5, 5.41) is 2.97. The zero-order chi connectivity index (χ0) is 14.0. The number of pyridine rings is 1. The standard InChI is InChI=1S/C11H14ClN3O3S/c1-8(16)14-9-4-5-15(7-9)19(17,18)10-2-3-11(12)13-6-10/h2-3,6,9H,4-5,7H2,1H3,(H,14,16). The van der Waals surface area contributed by atoms with Crippen LogP contribution < -0.4 is 5.32 Å². The van der Waals surface area contributed by atoms with Gasteiger partial charge >= 0.3 is 0 Å². The van der Waals surface area contributed by atoms with Gasteiger partial charge in [-0.15, -0.1) is 0 Å². The molecule has 6 nitrogen and oxygen atoms in total. The lowest BCUT2D eigenvalue weighted by Gasteiger charge is -2.16. The number of nitrogens with one attached hydrogen (secondary N) is 1. The number of halogens is 1. The van der Waals surface area contributed by atoms with E-state index in [4.69, 9.17) is 11.6 Å². The Morgan fingerprint density at radius 2 is 2.26 bits per heavy atom. The van der Waals surface area contributed by atoms with Crippen LogP contribution in [0.5, 0.6) is 0 Å². The van der Waals surface area contributed by atoms with E-state index in [2.05, 4.69) is 10.3 Å². The van der Waals surface area contributed by atoms with Crippen molar-refractivity contribution in [2.75, 3.05) is 13.1 Å². The molecule has 1 aliphatic heterocycles.